The SMILES string of the molecule is CN(C1=C2C=CNC2NC=N1)[C@H]1CC[C@@H](CS(=N)(=O)Cc2ccc(Br)cc2)CC1. The standard InChI is InChI=1S/C21H28BrN5OS/c1-27(21-19-10-11-24-20(19)25-14-26-21)18-8-4-16(5-9-18)13-29(23,28)12-15-2-6-17(22)7-3-15/h2-3,6-7,10-11,14,16,18,20,23-24H,4-5,8-9,12-13H2,1H3,(H,25,26)/t16-,18+,20?,29?. The van der Waals surface area contributed by atoms with E-state index in [1.54, 1.807) is 6.34 Å². The summed E-state index contributed by atoms with van der Waals surface area (Å²) in [6.45, 7) is 0. The largest absolute Gasteiger partial charge is 0.368 e. The van der Waals surface area contributed by atoms with Gasteiger partial charge in [0.1, 0.15) is 12.0 Å². The van der Waals surface area contributed by atoms with Gasteiger partial charge in [-0.3, -0.25) is 4.78 Å². The van der Waals surface area contributed by atoms with Crippen LogP contribution in [-0.4, -0.2) is 40.5 Å². The van der Waals surface area contributed by atoms with Gasteiger partial charge in [0.05, 0.1) is 12.1 Å². The Kier molecular flexibility index (Phi) is 6.01. The summed E-state index contributed by atoms with van der Waals surface area (Å²) in [4.78, 5) is 6.88. The van der Waals surface area contributed by atoms with Crippen molar-refractivity contribution in [3.8, 4) is 0 Å². The fourth-order valence-electron chi connectivity index (χ4n) is 4.47. The lowest BCUT2D eigenvalue weighted by atomic mass is 9.86. The summed E-state index contributed by atoms with van der Waals surface area (Å²) in [5.41, 5.74) is 2.16. The lowest BCUT2D eigenvalue weighted by Gasteiger charge is -2.37. The highest BCUT2D eigenvalue weighted by Crippen LogP contribution is 2.32. The normalized spacial score (nSPS) is 27.7. The van der Waals surface area contributed by atoms with Gasteiger partial charge >= 0.3 is 0 Å². The van der Waals surface area contributed by atoms with Gasteiger partial charge in [-0.2, -0.15) is 0 Å². The van der Waals surface area contributed by atoms with E-state index in [1.807, 2.05) is 30.5 Å². The molecule has 2 atom stereocenters. The van der Waals surface area contributed by atoms with Crippen LogP contribution in [0.15, 0.2) is 57.4 Å². The first-order chi connectivity index (χ1) is 13.9. The number of benzene rings is 1. The topological polar surface area (TPSA) is 80.6 Å². The second-order valence-corrected chi connectivity index (χ2v) is 11.3. The molecular formula is C21H28BrN5OS. The van der Waals surface area contributed by atoms with Crippen molar-refractivity contribution in [3.63, 3.8) is 0 Å². The molecule has 6 nitrogen and oxygen atoms in total. The van der Waals surface area contributed by atoms with Crippen LogP contribution in [0.3, 0.4) is 0 Å². The molecule has 8 heteroatoms. The third kappa shape index (κ3) is 4.86. The zero-order valence-corrected chi connectivity index (χ0v) is 19.0. The van der Waals surface area contributed by atoms with Gasteiger partial charge in [0.15, 0.2) is 0 Å². The van der Waals surface area contributed by atoms with Crippen molar-refractivity contribution in [1.82, 2.24) is 15.5 Å². The van der Waals surface area contributed by atoms with Crippen LogP contribution in [0.2, 0.25) is 0 Å². The lowest BCUT2D eigenvalue weighted by molar-refractivity contribution is 0.204. The van der Waals surface area contributed by atoms with Gasteiger partial charge < -0.3 is 15.5 Å². The average Bonchev–Trinajstić information content (AvgIpc) is 3.18. The molecule has 29 heavy (non-hydrogen) atoms. The van der Waals surface area contributed by atoms with Crippen LogP contribution in [0.5, 0.6) is 0 Å². The Morgan fingerprint density at radius 1 is 1.21 bits per heavy atom. The molecule has 0 spiro atoms. The second kappa shape index (κ2) is 8.52. The van der Waals surface area contributed by atoms with Gasteiger partial charge in [0.25, 0.3) is 0 Å². The van der Waals surface area contributed by atoms with Crippen LogP contribution in [0.1, 0.15) is 31.2 Å². The summed E-state index contributed by atoms with van der Waals surface area (Å²) in [7, 11) is -0.479. The third-order valence-electron chi connectivity index (χ3n) is 6.04. The zero-order valence-electron chi connectivity index (χ0n) is 16.6. The van der Waals surface area contributed by atoms with E-state index in [2.05, 4.69) is 49.6 Å². The van der Waals surface area contributed by atoms with E-state index in [0.717, 1.165) is 41.5 Å². The minimum Gasteiger partial charge on any atom is -0.368 e. The Labute approximate surface area is 181 Å². The summed E-state index contributed by atoms with van der Waals surface area (Å²) in [5.74, 6) is 2.25. The van der Waals surface area contributed by atoms with E-state index in [1.165, 1.54) is 5.57 Å². The molecule has 3 N–H and O–H groups in total. The molecule has 2 heterocycles. The Morgan fingerprint density at radius 2 is 1.93 bits per heavy atom. The maximum absolute atomic E-state index is 12.9. The highest BCUT2D eigenvalue weighted by molar-refractivity contribution is 9.10. The average molecular weight is 478 g/mol. The van der Waals surface area contributed by atoms with Gasteiger partial charge in [-0.25, -0.2) is 9.20 Å². The summed E-state index contributed by atoms with van der Waals surface area (Å²) in [6.07, 6.45) is 10.1. The number of fused-ring (bicyclic) bond motifs is 1. The first kappa shape index (κ1) is 20.5. The summed E-state index contributed by atoms with van der Waals surface area (Å²) in [5, 5.41) is 6.50. The molecule has 0 saturated heterocycles. The van der Waals surface area contributed by atoms with Crippen LogP contribution < -0.4 is 10.6 Å². The van der Waals surface area contributed by atoms with E-state index >= 15 is 0 Å². The number of rotatable bonds is 6. The first-order valence-corrected chi connectivity index (χ1v) is 12.8. The smallest absolute Gasteiger partial charge is 0.137 e. The first-order valence-electron chi connectivity index (χ1n) is 10.1. The predicted octanol–water partition coefficient (Wildman–Crippen LogP) is 3.77. The van der Waals surface area contributed by atoms with Crippen molar-refractivity contribution >= 4 is 32.0 Å². The molecule has 1 aromatic carbocycles. The molecule has 2 unspecified atom stereocenters. The van der Waals surface area contributed by atoms with Crippen LogP contribution in [0.4, 0.5) is 0 Å². The van der Waals surface area contributed by atoms with E-state index in [9.17, 15) is 4.21 Å². The molecule has 0 amide bonds. The van der Waals surface area contributed by atoms with Crippen LogP contribution in [0.25, 0.3) is 0 Å². The lowest BCUT2D eigenvalue weighted by Crippen LogP contribution is -2.43. The molecule has 0 aromatic heterocycles. The number of aliphatic imine (C=N–C) groups is 1. The molecule has 1 aliphatic carbocycles. The number of hydrogen-bond donors (Lipinski definition) is 3. The van der Waals surface area contributed by atoms with Gasteiger partial charge in [0.2, 0.25) is 0 Å². The van der Waals surface area contributed by atoms with Crippen molar-refractivity contribution < 1.29 is 4.21 Å². The molecule has 1 saturated carbocycles. The van der Waals surface area contributed by atoms with Crippen molar-refractivity contribution in [2.45, 2.75) is 43.6 Å². The van der Waals surface area contributed by atoms with Crippen molar-refractivity contribution in [1.29, 1.82) is 4.78 Å². The Balaban J connectivity index is 1.33. The van der Waals surface area contributed by atoms with Crippen LogP contribution in [0, 0.1) is 10.7 Å². The number of nitrogens with zero attached hydrogens (tertiary/aromatic N) is 2. The second-order valence-electron chi connectivity index (χ2n) is 8.17. The molecule has 3 aliphatic rings. The Bertz CT molecular complexity index is 930. The summed E-state index contributed by atoms with van der Waals surface area (Å²) in [6, 6.07) is 8.25. The van der Waals surface area contributed by atoms with E-state index in [-0.39, 0.29) is 6.17 Å². The highest BCUT2D eigenvalue weighted by Gasteiger charge is 2.30. The number of nitrogens with one attached hydrogen (secondary N) is 3. The minimum atomic E-state index is -2.60. The Hall–Kier alpha value is -1.80. The zero-order chi connectivity index (χ0) is 20.4. The third-order valence-corrected chi connectivity index (χ3v) is 8.38. The molecule has 4 rings (SSSR count). The van der Waals surface area contributed by atoms with Gasteiger partial charge in [0, 0.05) is 38.6 Å². The van der Waals surface area contributed by atoms with E-state index < -0.39 is 9.73 Å². The summed E-state index contributed by atoms with van der Waals surface area (Å²) >= 11 is 3.42. The highest BCUT2D eigenvalue weighted by atomic mass is 79.9. The number of halogens is 1. The molecular weight excluding hydrogens is 450 g/mol. The molecule has 0 radical (unpaired) electrons. The van der Waals surface area contributed by atoms with Crippen LogP contribution in [-0.2, 0) is 15.5 Å². The minimum absolute atomic E-state index is 0.118. The molecule has 1 aromatic rings. The quantitative estimate of drug-likeness (QED) is 0.582. The fourth-order valence-corrected chi connectivity index (χ4v) is 6.67. The van der Waals surface area contributed by atoms with Crippen LogP contribution >= 0.6 is 15.9 Å². The van der Waals surface area contributed by atoms with Gasteiger partial charge in [-0.15, -0.1) is 0 Å². The van der Waals surface area contributed by atoms with Crippen molar-refractivity contribution in [3.05, 3.63) is 58.0 Å². The Morgan fingerprint density at radius 3 is 2.66 bits per heavy atom. The maximum atomic E-state index is 12.9. The van der Waals surface area contributed by atoms with Gasteiger partial charge in [-0.1, -0.05) is 28.1 Å². The maximum Gasteiger partial charge on any atom is 0.137 e. The van der Waals surface area contributed by atoms with Gasteiger partial charge in [-0.05, 0) is 61.6 Å². The molecule has 2 aliphatic heterocycles. The molecule has 156 valence electrons. The molecule has 1 fully saturated rings. The summed E-state index contributed by atoms with van der Waals surface area (Å²) < 4.78 is 22.3. The van der Waals surface area contributed by atoms with E-state index in [0.29, 0.717) is 23.5 Å². The monoisotopic (exact) mass is 477 g/mol. The fraction of sp³-hybridized carbons (Fsp3) is 0.476. The van der Waals surface area contributed by atoms with Crippen molar-refractivity contribution in [2.75, 3.05) is 12.8 Å². The molecule has 0 bridgehead atoms. The van der Waals surface area contributed by atoms with E-state index in [4.69, 9.17) is 4.78 Å². The van der Waals surface area contributed by atoms with Crippen molar-refractivity contribution in [2.24, 2.45) is 10.9 Å². The number of hydrogen-bond acceptors (Lipinski definition) is 6. The predicted molar refractivity (Wildman–Crippen MR) is 122 cm³/mol.